The number of nitrogens with zero attached hydrogens (tertiary/aromatic N) is 5. The van der Waals surface area contributed by atoms with Gasteiger partial charge in [-0.2, -0.15) is 18.6 Å². The molecule has 1 aromatic heterocycles. The molecule has 0 aromatic carbocycles. The molecule has 0 aliphatic carbocycles. The van der Waals surface area contributed by atoms with E-state index in [2.05, 4.69) is 26.8 Å². The zero-order valence-electron chi connectivity index (χ0n) is 17.1. The predicted octanol–water partition coefficient (Wildman–Crippen LogP) is -0.208. The van der Waals surface area contributed by atoms with Crippen LogP contribution >= 0.6 is 0 Å². The van der Waals surface area contributed by atoms with Gasteiger partial charge in [-0.3, -0.25) is 23.8 Å². The predicted molar refractivity (Wildman–Crippen MR) is 102 cm³/mol. The van der Waals surface area contributed by atoms with Gasteiger partial charge in [0.25, 0.3) is 5.91 Å². The molecule has 3 fully saturated rings. The summed E-state index contributed by atoms with van der Waals surface area (Å²) >= 11 is 0. The van der Waals surface area contributed by atoms with Gasteiger partial charge in [0.15, 0.2) is 0 Å². The molecular weight excluding hydrogens is 432 g/mol. The van der Waals surface area contributed by atoms with Crippen LogP contribution in [0.25, 0.3) is 0 Å². The van der Waals surface area contributed by atoms with Gasteiger partial charge >= 0.3 is 16.4 Å². The third-order valence-corrected chi connectivity index (χ3v) is 7.08. The summed E-state index contributed by atoms with van der Waals surface area (Å²) in [6.07, 6.45) is 2.83. The minimum Gasteiger partial charge on any atom is -0.309 e. The molecule has 31 heavy (non-hydrogen) atoms. The molecule has 0 radical (unpaired) electrons. The Morgan fingerprint density at radius 1 is 1.23 bits per heavy atom. The van der Waals surface area contributed by atoms with E-state index < -0.39 is 34.4 Å². The number of carbonyl (C=O) groups excluding carboxylic acids is 2. The number of carbonyl (C=O) groups is 2. The molecule has 1 aromatic rings. The largest absolute Gasteiger partial charge is 0.418 e. The van der Waals surface area contributed by atoms with E-state index in [4.69, 9.17) is 9.39 Å². The third kappa shape index (κ3) is 3.29. The van der Waals surface area contributed by atoms with Crippen molar-refractivity contribution in [1.82, 2.24) is 30.1 Å². The molecule has 14 heteroatoms. The fraction of sp³-hybridized carbons (Fsp3) is 0.706. The summed E-state index contributed by atoms with van der Waals surface area (Å²) in [5, 5.41) is 5.16. The average Bonchev–Trinajstić information content (AvgIpc) is 3.38. The molecule has 13 nitrogen and oxygen atoms in total. The van der Waals surface area contributed by atoms with E-state index >= 15 is 0 Å². The summed E-state index contributed by atoms with van der Waals surface area (Å²) in [6.45, 7) is 0.225. The summed E-state index contributed by atoms with van der Waals surface area (Å²) < 4.78 is 37.1. The lowest BCUT2D eigenvalue weighted by Crippen LogP contribution is -2.49. The maximum atomic E-state index is 12.6. The zero-order valence-corrected chi connectivity index (χ0v) is 17.9. The second kappa shape index (κ2) is 7.13. The molecule has 4 atom stereocenters. The Kier molecular flexibility index (Phi) is 4.75. The lowest BCUT2D eigenvalue weighted by molar-refractivity contribution is -0.140. The van der Waals surface area contributed by atoms with Crippen LogP contribution in [0.1, 0.15) is 54.7 Å². The van der Waals surface area contributed by atoms with E-state index in [1.807, 2.05) is 11.7 Å². The standard InChI is InChI=1S/C17H24N6O7S/c1-20-11-5-6-12(20)15-14(11)10(18-21(15)2)8-29-19-16(24)13-4-3-9-7-22(13)17(25)23(9)30-31(26,27)28/h9,11-13H,3-8H2,1-2H3,(H,19,24)(H,26,27,28)/t9?,11?,12?,13-/m0/s1. The lowest BCUT2D eigenvalue weighted by atomic mass is 9.96. The van der Waals surface area contributed by atoms with Crippen LogP contribution in [0.15, 0.2) is 0 Å². The van der Waals surface area contributed by atoms with E-state index in [0.717, 1.165) is 18.5 Å². The highest BCUT2D eigenvalue weighted by Gasteiger charge is 2.49. The number of hydroxylamine groups is 3. The Hall–Kier alpha value is -2.26. The van der Waals surface area contributed by atoms with E-state index in [0.29, 0.717) is 30.0 Å². The molecule has 3 unspecified atom stereocenters. The van der Waals surface area contributed by atoms with Crippen molar-refractivity contribution >= 4 is 22.3 Å². The van der Waals surface area contributed by atoms with Gasteiger partial charge in [0.2, 0.25) is 0 Å². The van der Waals surface area contributed by atoms with Gasteiger partial charge < -0.3 is 4.90 Å². The topological polar surface area (TPSA) is 147 Å². The van der Waals surface area contributed by atoms with Crippen LogP contribution in [0.3, 0.4) is 0 Å². The molecule has 0 saturated carbocycles. The quantitative estimate of drug-likeness (QED) is 0.438. The SMILES string of the molecule is CN1C2CCC1c1c2c(CONC(=O)[C@@H]2CCC3CN2C(=O)N3OS(=O)(=O)O)nn1C. The number of aromatic nitrogens is 2. The lowest BCUT2D eigenvalue weighted by Gasteiger charge is -2.28. The molecule has 3 amide bonds. The Morgan fingerprint density at radius 2 is 1.97 bits per heavy atom. The summed E-state index contributed by atoms with van der Waals surface area (Å²) in [5.74, 6) is -0.508. The van der Waals surface area contributed by atoms with E-state index in [1.165, 1.54) is 16.2 Å². The smallest absolute Gasteiger partial charge is 0.309 e. The van der Waals surface area contributed by atoms with Crippen molar-refractivity contribution in [1.29, 1.82) is 0 Å². The van der Waals surface area contributed by atoms with Crippen LogP contribution < -0.4 is 5.48 Å². The molecule has 4 aliphatic rings. The molecule has 0 spiro atoms. The first-order valence-corrected chi connectivity index (χ1v) is 11.5. The molecular formula is C17H24N6O7S. The average molecular weight is 456 g/mol. The van der Waals surface area contributed by atoms with Gasteiger partial charge in [-0.05, 0) is 32.7 Å². The number of urea groups is 1. The minimum atomic E-state index is -4.83. The van der Waals surface area contributed by atoms with Crippen molar-refractivity contribution in [2.75, 3.05) is 13.6 Å². The van der Waals surface area contributed by atoms with E-state index in [-0.39, 0.29) is 13.2 Å². The third-order valence-electron chi connectivity index (χ3n) is 6.73. The van der Waals surface area contributed by atoms with E-state index in [1.54, 1.807) is 0 Å². The highest BCUT2D eigenvalue weighted by atomic mass is 32.3. The summed E-state index contributed by atoms with van der Waals surface area (Å²) in [6, 6.07) is -1.49. The first-order chi connectivity index (χ1) is 14.7. The number of hydrogen-bond donors (Lipinski definition) is 2. The Bertz CT molecular complexity index is 1040. The number of hydrogen-bond acceptors (Lipinski definition) is 8. The van der Waals surface area contributed by atoms with Crippen LogP contribution in [0.2, 0.25) is 0 Å². The number of fused-ring (bicyclic) bond motifs is 7. The Morgan fingerprint density at radius 3 is 2.71 bits per heavy atom. The van der Waals surface area contributed by atoms with Gasteiger partial charge in [-0.1, -0.05) is 0 Å². The normalized spacial score (nSPS) is 29.7. The van der Waals surface area contributed by atoms with Crippen molar-refractivity contribution in [2.24, 2.45) is 7.05 Å². The molecule has 170 valence electrons. The summed E-state index contributed by atoms with van der Waals surface area (Å²) in [5.41, 5.74) is 5.55. The summed E-state index contributed by atoms with van der Waals surface area (Å²) in [7, 11) is -0.817. The Balaban J connectivity index is 1.21. The second-order valence-electron chi connectivity index (χ2n) is 8.41. The van der Waals surface area contributed by atoms with Gasteiger partial charge in [-0.25, -0.2) is 10.3 Å². The second-order valence-corrected chi connectivity index (χ2v) is 9.41. The first kappa shape index (κ1) is 20.6. The van der Waals surface area contributed by atoms with Crippen LogP contribution in [0, 0.1) is 0 Å². The number of piperidine rings is 1. The van der Waals surface area contributed by atoms with Gasteiger partial charge in [0, 0.05) is 25.2 Å². The van der Waals surface area contributed by atoms with Crippen LogP contribution in [0.4, 0.5) is 4.79 Å². The molecule has 5 heterocycles. The monoisotopic (exact) mass is 456 g/mol. The molecule has 4 aliphatic heterocycles. The number of aryl methyl sites for hydroxylation is 1. The molecule has 3 saturated heterocycles. The van der Waals surface area contributed by atoms with Crippen molar-refractivity contribution in [3.05, 3.63) is 17.0 Å². The van der Waals surface area contributed by atoms with Gasteiger partial charge in [0.05, 0.1) is 23.5 Å². The van der Waals surface area contributed by atoms with Crippen LogP contribution in [-0.4, -0.2) is 75.2 Å². The fourth-order valence-electron chi connectivity index (χ4n) is 5.44. The summed E-state index contributed by atoms with van der Waals surface area (Å²) in [4.78, 5) is 34.1. The Labute approximate surface area is 178 Å². The molecule has 5 rings (SSSR count). The molecule has 4 bridgehead atoms. The zero-order chi connectivity index (χ0) is 22.1. The van der Waals surface area contributed by atoms with Crippen LogP contribution in [0.5, 0.6) is 0 Å². The number of rotatable bonds is 6. The highest BCUT2D eigenvalue weighted by molar-refractivity contribution is 7.80. The minimum absolute atomic E-state index is 0.104. The van der Waals surface area contributed by atoms with Gasteiger partial charge in [0.1, 0.15) is 12.6 Å². The van der Waals surface area contributed by atoms with Crippen molar-refractivity contribution in [3.63, 3.8) is 0 Å². The first-order valence-electron chi connectivity index (χ1n) is 10.1. The maximum Gasteiger partial charge on any atom is 0.418 e. The highest BCUT2D eigenvalue weighted by Crippen LogP contribution is 2.52. The van der Waals surface area contributed by atoms with Gasteiger partial charge in [-0.15, -0.1) is 4.28 Å². The maximum absolute atomic E-state index is 12.6. The van der Waals surface area contributed by atoms with E-state index in [9.17, 15) is 18.0 Å². The fourth-order valence-corrected chi connectivity index (χ4v) is 5.83. The number of amides is 3. The van der Waals surface area contributed by atoms with Crippen molar-refractivity contribution in [3.8, 4) is 0 Å². The van der Waals surface area contributed by atoms with Crippen molar-refractivity contribution in [2.45, 2.75) is 56.5 Å². The number of nitrogens with one attached hydrogen (secondary N) is 1. The van der Waals surface area contributed by atoms with Crippen LogP contribution in [-0.2, 0) is 38.0 Å². The van der Waals surface area contributed by atoms with Crippen molar-refractivity contribution < 1.29 is 31.7 Å². The molecule has 2 N–H and O–H groups in total.